The van der Waals surface area contributed by atoms with Crippen molar-refractivity contribution < 1.29 is 27.4 Å². The van der Waals surface area contributed by atoms with Crippen LogP contribution >= 0.6 is 0 Å². The maximum Gasteiger partial charge on any atom is 0.162 e. The summed E-state index contributed by atoms with van der Waals surface area (Å²) in [6.07, 6.45) is 3.61. The number of benzene rings is 2. The first kappa shape index (κ1) is 27.3. The predicted molar refractivity (Wildman–Crippen MR) is 136 cm³/mol. The van der Waals surface area contributed by atoms with Crippen LogP contribution in [0, 0.1) is 29.8 Å². The fourth-order valence-corrected chi connectivity index (χ4v) is 5.43. The van der Waals surface area contributed by atoms with Gasteiger partial charge in [-0.2, -0.15) is 0 Å². The SMILES string of the molecule is COc1ccc2ncc(C)c([C@H](F)CCC3(CO)CCN(CCCc4cc(F)cc(F)c4F)CC3)c2c1. The molecule has 0 aliphatic carbocycles. The second-order valence-corrected chi connectivity index (χ2v) is 10.2. The number of likely N-dealkylation sites (tertiary alicyclic amines) is 1. The number of pyridine rings is 1. The van der Waals surface area contributed by atoms with Crippen LogP contribution in [-0.2, 0) is 6.42 Å². The average molecular weight is 519 g/mol. The van der Waals surface area contributed by atoms with E-state index in [0.717, 1.165) is 48.5 Å². The third-order valence-electron chi connectivity index (χ3n) is 7.80. The van der Waals surface area contributed by atoms with Crippen LogP contribution in [0.2, 0.25) is 0 Å². The number of aliphatic hydroxyl groups excluding tert-OH is 1. The molecule has 1 atom stereocenters. The number of rotatable bonds is 10. The fourth-order valence-electron chi connectivity index (χ4n) is 5.43. The Kier molecular flexibility index (Phi) is 8.70. The molecule has 1 aromatic heterocycles. The third kappa shape index (κ3) is 6.24. The summed E-state index contributed by atoms with van der Waals surface area (Å²) in [4.78, 5) is 6.63. The summed E-state index contributed by atoms with van der Waals surface area (Å²) in [5.74, 6) is -2.28. The minimum absolute atomic E-state index is 0.00869. The number of methoxy groups -OCH3 is 1. The van der Waals surface area contributed by atoms with Gasteiger partial charge in [0.05, 0.1) is 12.6 Å². The highest BCUT2D eigenvalue weighted by Gasteiger charge is 2.35. The van der Waals surface area contributed by atoms with Gasteiger partial charge in [0.2, 0.25) is 0 Å². The van der Waals surface area contributed by atoms with Crippen molar-refractivity contribution in [2.75, 3.05) is 33.4 Å². The Balaban J connectivity index is 1.33. The molecular formula is C29H34F4N2O2. The van der Waals surface area contributed by atoms with E-state index in [9.17, 15) is 18.3 Å². The number of aliphatic hydroxyl groups is 1. The standard InChI is InChI=1S/C29H34F4N2O2/c1-19-17-34-26-6-5-22(37-2)16-23(26)27(19)24(31)7-8-29(18-36)9-12-35(13-10-29)11-3-4-20-14-21(30)15-25(32)28(20)33/h5-6,14-17,24,36H,3-4,7-13,18H2,1-2H3/t24-/m1/s1. The highest BCUT2D eigenvalue weighted by Crippen LogP contribution is 2.41. The maximum atomic E-state index is 15.7. The molecule has 0 bridgehead atoms. The molecule has 2 aromatic carbocycles. The van der Waals surface area contributed by atoms with E-state index in [-0.39, 0.29) is 24.0 Å². The Morgan fingerprint density at radius 1 is 1.14 bits per heavy atom. The summed E-state index contributed by atoms with van der Waals surface area (Å²) in [7, 11) is 1.58. The van der Waals surface area contributed by atoms with Crippen LogP contribution in [0.15, 0.2) is 36.5 Å². The van der Waals surface area contributed by atoms with E-state index in [1.54, 1.807) is 13.3 Å². The lowest BCUT2D eigenvalue weighted by Crippen LogP contribution is -2.42. The molecule has 1 aliphatic rings. The van der Waals surface area contributed by atoms with E-state index in [2.05, 4.69) is 9.88 Å². The lowest BCUT2D eigenvalue weighted by Gasteiger charge is -2.41. The number of hydrogen-bond acceptors (Lipinski definition) is 4. The number of hydrogen-bond donors (Lipinski definition) is 1. The van der Waals surface area contributed by atoms with Crippen molar-refractivity contribution in [3.63, 3.8) is 0 Å². The van der Waals surface area contributed by atoms with Gasteiger partial charge >= 0.3 is 0 Å². The number of nitrogens with zero attached hydrogens (tertiary/aromatic N) is 2. The molecule has 4 rings (SSSR count). The summed E-state index contributed by atoms with van der Waals surface area (Å²) in [6.45, 7) is 3.97. The zero-order chi connectivity index (χ0) is 26.6. The molecule has 0 unspecified atom stereocenters. The molecule has 1 saturated heterocycles. The Hall–Kier alpha value is -2.71. The molecular weight excluding hydrogens is 484 g/mol. The number of piperidine rings is 1. The van der Waals surface area contributed by atoms with Gasteiger partial charge in [0.15, 0.2) is 11.6 Å². The van der Waals surface area contributed by atoms with E-state index < -0.39 is 23.6 Å². The van der Waals surface area contributed by atoms with E-state index in [1.165, 1.54) is 0 Å². The number of ether oxygens (including phenoxy) is 1. The molecule has 1 aliphatic heterocycles. The van der Waals surface area contributed by atoms with Gasteiger partial charge in [-0.25, -0.2) is 17.6 Å². The largest absolute Gasteiger partial charge is 0.497 e. The minimum atomic E-state index is -1.19. The Morgan fingerprint density at radius 2 is 1.89 bits per heavy atom. The molecule has 4 nitrogen and oxygen atoms in total. The van der Waals surface area contributed by atoms with Gasteiger partial charge in [-0.15, -0.1) is 0 Å². The first-order valence-electron chi connectivity index (χ1n) is 12.8. The molecule has 2 heterocycles. The van der Waals surface area contributed by atoms with Gasteiger partial charge in [-0.05, 0) is 111 Å². The topological polar surface area (TPSA) is 45.6 Å². The van der Waals surface area contributed by atoms with Crippen molar-refractivity contribution in [2.45, 2.75) is 51.6 Å². The van der Waals surface area contributed by atoms with Crippen LogP contribution in [0.5, 0.6) is 5.75 Å². The van der Waals surface area contributed by atoms with Crippen LogP contribution in [-0.4, -0.2) is 48.3 Å². The summed E-state index contributed by atoms with van der Waals surface area (Å²) in [5.41, 5.74) is 1.82. The molecule has 0 spiro atoms. The third-order valence-corrected chi connectivity index (χ3v) is 7.80. The van der Waals surface area contributed by atoms with Crippen LogP contribution in [0.4, 0.5) is 17.6 Å². The smallest absolute Gasteiger partial charge is 0.162 e. The number of halogens is 4. The van der Waals surface area contributed by atoms with Crippen molar-refractivity contribution in [1.82, 2.24) is 9.88 Å². The van der Waals surface area contributed by atoms with Gasteiger partial charge in [-0.1, -0.05) is 0 Å². The molecule has 0 saturated carbocycles. The first-order chi connectivity index (χ1) is 17.7. The molecule has 0 amide bonds. The highest BCUT2D eigenvalue weighted by molar-refractivity contribution is 5.84. The monoisotopic (exact) mass is 518 g/mol. The van der Waals surface area contributed by atoms with E-state index in [0.29, 0.717) is 43.2 Å². The summed E-state index contributed by atoms with van der Waals surface area (Å²) >= 11 is 0. The van der Waals surface area contributed by atoms with Crippen LogP contribution in [0.1, 0.15) is 55.0 Å². The molecule has 1 N–H and O–H groups in total. The van der Waals surface area contributed by atoms with Crippen LogP contribution < -0.4 is 4.74 Å². The van der Waals surface area contributed by atoms with Gasteiger partial charge in [-0.3, -0.25) is 4.98 Å². The first-order valence-corrected chi connectivity index (χ1v) is 12.8. The van der Waals surface area contributed by atoms with Gasteiger partial charge < -0.3 is 14.7 Å². The summed E-state index contributed by atoms with van der Waals surface area (Å²) in [6, 6.07) is 7.05. The fraction of sp³-hybridized carbons (Fsp3) is 0.483. The minimum Gasteiger partial charge on any atom is -0.497 e. The molecule has 0 radical (unpaired) electrons. The van der Waals surface area contributed by atoms with Crippen LogP contribution in [0.25, 0.3) is 10.9 Å². The Labute approximate surface area is 215 Å². The number of aromatic nitrogens is 1. The molecule has 37 heavy (non-hydrogen) atoms. The summed E-state index contributed by atoms with van der Waals surface area (Å²) < 4.78 is 61.7. The van der Waals surface area contributed by atoms with Crippen LogP contribution in [0.3, 0.4) is 0 Å². The van der Waals surface area contributed by atoms with E-state index in [1.807, 2.05) is 25.1 Å². The lowest BCUT2D eigenvalue weighted by molar-refractivity contribution is 0.0300. The predicted octanol–water partition coefficient (Wildman–Crippen LogP) is 6.47. The van der Waals surface area contributed by atoms with Crippen molar-refractivity contribution >= 4 is 10.9 Å². The Morgan fingerprint density at radius 3 is 2.59 bits per heavy atom. The van der Waals surface area contributed by atoms with Gasteiger partial charge in [0, 0.05) is 24.3 Å². The quantitative estimate of drug-likeness (QED) is 0.247. The van der Waals surface area contributed by atoms with E-state index >= 15 is 4.39 Å². The van der Waals surface area contributed by atoms with Gasteiger partial charge in [0.25, 0.3) is 0 Å². The molecule has 200 valence electrons. The highest BCUT2D eigenvalue weighted by atomic mass is 19.2. The second kappa shape index (κ2) is 11.8. The average Bonchev–Trinajstić information content (AvgIpc) is 2.90. The zero-order valence-corrected chi connectivity index (χ0v) is 21.4. The molecule has 3 aromatic rings. The van der Waals surface area contributed by atoms with Crippen molar-refractivity contribution in [2.24, 2.45) is 5.41 Å². The second-order valence-electron chi connectivity index (χ2n) is 10.2. The summed E-state index contributed by atoms with van der Waals surface area (Å²) in [5, 5.41) is 11.0. The Bertz CT molecular complexity index is 1230. The molecule has 1 fully saturated rings. The number of alkyl halides is 1. The zero-order valence-electron chi connectivity index (χ0n) is 21.4. The number of aryl methyl sites for hydroxylation is 2. The lowest BCUT2D eigenvalue weighted by atomic mass is 9.74. The van der Waals surface area contributed by atoms with Gasteiger partial charge in [0.1, 0.15) is 17.7 Å². The number of fused-ring (bicyclic) bond motifs is 1. The molecule has 8 heteroatoms. The maximum absolute atomic E-state index is 15.7. The van der Waals surface area contributed by atoms with E-state index in [4.69, 9.17) is 4.74 Å². The van der Waals surface area contributed by atoms with Crippen molar-refractivity contribution in [3.05, 3.63) is 70.7 Å². The normalized spacial score (nSPS) is 16.7. The van der Waals surface area contributed by atoms with Crippen molar-refractivity contribution in [3.8, 4) is 5.75 Å². The van der Waals surface area contributed by atoms with Crippen molar-refractivity contribution in [1.29, 1.82) is 0 Å².